The predicted molar refractivity (Wildman–Crippen MR) is 107 cm³/mol. The molecule has 2 aromatic carbocycles. The standard InChI is InChI=1S/C20H21N3O2S/c1-14-4-6-16(7-5-14)12-21-22-20-23(19(24)15(2)26-20)13-17-8-10-18(25-3)11-9-17/h4-12,15H,13H2,1-3H3. The zero-order valence-electron chi connectivity index (χ0n) is 15.0. The highest BCUT2D eigenvalue weighted by Gasteiger charge is 2.35. The van der Waals surface area contributed by atoms with E-state index in [2.05, 4.69) is 10.2 Å². The maximum atomic E-state index is 12.5. The third kappa shape index (κ3) is 4.32. The van der Waals surface area contributed by atoms with E-state index in [-0.39, 0.29) is 11.2 Å². The average Bonchev–Trinajstić information content (AvgIpc) is 2.92. The summed E-state index contributed by atoms with van der Waals surface area (Å²) in [7, 11) is 1.63. The van der Waals surface area contributed by atoms with Crippen LogP contribution in [-0.4, -0.2) is 34.5 Å². The first-order valence-corrected chi connectivity index (χ1v) is 9.23. The molecule has 0 saturated carbocycles. The van der Waals surface area contributed by atoms with Gasteiger partial charge in [0.15, 0.2) is 5.17 Å². The number of nitrogens with zero attached hydrogens (tertiary/aromatic N) is 3. The summed E-state index contributed by atoms with van der Waals surface area (Å²) in [5.74, 6) is 0.843. The van der Waals surface area contributed by atoms with Gasteiger partial charge in [-0.15, -0.1) is 5.10 Å². The normalized spacial score (nSPS) is 18.9. The van der Waals surface area contributed by atoms with Crippen LogP contribution in [0.3, 0.4) is 0 Å². The van der Waals surface area contributed by atoms with E-state index in [9.17, 15) is 4.79 Å². The Kier molecular flexibility index (Phi) is 5.73. The van der Waals surface area contributed by atoms with E-state index < -0.39 is 0 Å². The van der Waals surface area contributed by atoms with Crippen molar-refractivity contribution < 1.29 is 9.53 Å². The van der Waals surface area contributed by atoms with Gasteiger partial charge in [-0.3, -0.25) is 9.69 Å². The van der Waals surface area contributed by atoms with Crippen LogP contribution in [0.2, 0.25) is 0 Å². The van der Waals surface area contributed by atoms with E-state index in [1.165, 1.54) is 17.3 Å². The Morgan fingerprint density at radius 1 is 1.15 bits per heavy atom. The number of methoxy groups -OCH3 is 1. The molecule has 1 aliphatic rings. The van der Waals surface area contributed by atoms with Gasteiger partial charge in [-0.1, -0.05) is 53.7 Å². The van der Waals surface area contributed by atoms with Crippen molar-refractivity contribution in [2.45, 2.75) is 25.6 Å². The number of ether oxygens (including phenoxy) is 1. The summed E-state index contributed by atoms with van der Waals surface area (Å²) in [4.78, 5) is 14.1. The molecule has 0 radical (unpaired) electrons. The van der Waals surface area contributed by atoms with E-state index in [1.807, 2.05) is 62.4 Å². The fourth-order valence-corrected chi connectivity index (χ4v) is 3.44. The third-order valence-electron chi connectivity index (χ3n) is 4.05. The molecule has 0 N–H and O–H groups in total. The molecule has 0 aromatic heterocycles. The maximum absolute atomic E-state index is 12.5. The fourth-order valence-electron chi connectivity index (χ4n) is 2.52. The number of rotatable bonds is 5. The van der Waals surface area contributed by atoms with Crippen LogP contribution in [0, 0.1) is 6.92 Å². The quantitative estimate of drug-likeness (QED) is 0.596. The van der Waals surface area contributed by atoms with Crippen LogP contribution in [0.5, 0.6) is 5.75 Å². The van der Waals surface area contributed by atoms with Gasteiger partial charge >= 0.3 is 0 Å². The van der Waals surface area contributed by atoms with Crippen molar-refractivity contribution in [1.82, 2.24) is 4.90 Å². The Balaban J connectivity index is 1.75. The second-order valence-corrected chi connectivity index (χ2v) is 7.38. The molecule has 3 rings (SSSR count). The molecule has 0 spiro atoms. The summed E-state index contributed by atoms with van der Waals surface area (Å²) < 4.78 is 5.17. The van der Waals surface area contributed by atoms with Crippen LogP contribution in [0.15, 0.2) is 58.7 Å². The molecular weight excluding hydrogens is 346 g/mol. The molecule has 5 nitrogen and oxygen atoms in total. The van der Waals surface area contributed by atoms with Crippen LogP contribution in [0.1, 0.15) is 23.6 Å². The first-order valence-electron chi connectivity index (χ1n) is 8.35. The number of benzene rings is 2. The SMILES string of the molecule is COc1ccc(CN2C(=O)C(C)SC2=NN=Cc2ccc(C)cc2)cc1. The number of aryl methyl sites for hydroxylation is 1. The van der Waals surface area contributed by atoms with Crippen molar-refractivity contribution in [3.63, 3.8) is 0 Å². The lowest BCUT2D eigenvalue weighted by Crippen LogP contribution is -2.30. The molecule has 0 bridgehead atoms. The molecule has 6 heteroatoms. The molecule has 134 valence electrons. The molecule has 1 saturated heterocycles. The topological polar surface area (TPSA) is 54.3 Å². The summed E-state index contributed by atoms with van der Waals surface area (Å²) in [6, 6.07) is 15.7. The smallest absolute Gasteiger partial charge is 0.242 e. The van der Waals surface area contributed by atoms with Gasteiger partial charge in [0.25, 0.3) is 0 Å². The van der Waals surface area contributed by atoms with Gasteiger partial charge in [0.05, 0.1) is 25.1 Å². The van der Waals surface area contributed by atoms with Gasteiger partial charge in [0.1, 0.15) is 5.75 Å². The van der Waals surface area contributed by atoms with Crippen LogP contribution in [0.25, 0.3) is 0 Å². The van der Waals surface area contributed by atoms with Crippen LogP contribution >= 0.6 is 11.8 Å². The highest BCUT2D eigenvalue weighted by molar-refractivity contribution is 8.15. The maximum Gasteiger partial charge on any atom is 0.242 e. The molecule has 26 heavy (non-hydrogen) atoms. The average molecular weight is 367 g/mol. The molecule has 1 aliphatic heterocycles. The molecule has 1 amide bonds. The molecule has 0 aliphatic carbocycles. The summed E-state index contributed by atoms with van der Waals surface area (Å²) in [6.45, 7) is 4.40. The van der Waals surface area contributed by atoms with E-state index in [1.54, 1.807) is 18.2 Å². The number of thioether (sulfide) groups is 1. The minimum absolute atomic E-state index is 0.0510. The Labute approximate surface area is 157 Å². The Morgan fingerprint density at radius 2 is 1.85 bits per heavy atom. The van der Waals surface area contributed by atoms with Gasteiger partial charge in [-0.05, 0) is 37.1 Å². The molecule has 1 fully saturated rings. The zero-order valence-corrected chi connectivity index (χ0v) is 15.9. The van der Waals surface area contributed by atoms with E-state index >= 15 is 0 Å². The number of amides is 1. The van der Waals surface area contributed by atoms with Crippen molar-refractivity contribution in [3.05, 3.63) is 65.2 Å². The summed E-state index contributed by atoms with van der Waals surface area (Å²) in [5, 5.41) is 8.93. The second-order valence-electron chi connectivity index (χ2n) is 6.07. The number of carbonyl (C=O) groups is 1. The van der Waals surface area contributed by atoms with Crippen LogP contribution in [0.4, 0.5) is 0 Å². The van der Waals surface area contributed by atoms with Crippen molar-refractivity contribution >= 4 is 29.1 Å². The highest BCUT2D eigenvalue weighted by Crippen LogP contribution is 2.28. The first-order chi connectivity index (χ1) is 12.6. The molecule has 1 atom stereocenters. The molecule has 1 heterocycles. The lowest BCUT2D eigenvalue weighted by Gasteiger charge is -2.15. The molecular formula is C20H21N3O2S. The molecule has 2 aromatic rings. The van der Waals surface area contributed by atoms with Gasteiger partial charge in [0.2, 0.25) is 5.91 Å². The Morgan fingerprint density at radius 3 is 2.50 bits per heavy atom. The summed E-state index contributed by atoms with van der Waals surface area (Å²) in [5.41, 5.74) is 3.19. The van der Waals surface area contributed by atoms with Crippen molar-refractivity contribution in [2.24, 2.45) is 10.2 Å². The first kappa shape index (κ1) is 18.2. The Hall–Kier alpha value is -2.60. The second kappa shape index (κ2) is 8.19. The van der Waals surface area contributed by atoms with Gasteiger partial charge in [-0.25, -0.2) is 0 Å². The largest absolute Gasteiger partial charge is 0.497 e. The summed E-state index contributed by atoms with van der Waals surface area (Å²) >= 11 is 1.43. The van der Waals surface area contributed by atoms with Gasteiger partial charge in [0, 0.05) is 0 Å². The van der Waals surface area contributed by atoms with Crippen molar-refractivity contribution in [3.8, 4) is 5.75 Å². The number of carbonyl (C=O) groups excluding carboxylic acids is 1. The third-order valence-corrected chi connectivity index (χ3v) is 5.12. The lowest BCUT2D eigenvalue weighted by atomic mass is 10.2. The fraction of sp³-hybridized carbons (Fsp3) is 0.250. The summed E-state index contributed by atoms with van der Waals surface area (Å²) in [6.07, 6.45) is 1.70. The number of hydrogen-bond acceptors (Lipinski definition) is 5. The highest BCUT2D eigenvalue weighted by atomic mass is 32.2. The van der Waals surface area contributed by atoms with Crippen LogP contribution in [-0.2, 0) is 11.3 Å². The van der Waals surface area contributed by atoms with E-state index in [0.717, 1.165) is 16.9 Å². The van der Waals surface area contributed by atoms with Gasteiger partial charge < -0.3 is 4.74 Å². The molecule has 1 unspecified atom stereocenters. The van der Waals surface area contributed by atoms with Gasteiger partial charge in [-0.2, -0.15) is 5.10 Å². The predicted octanol–water partition coefficient (Wildman–Crippen LogP) is 3.86. The lowest BCUT2D eigenvalue weighted by molar-refractivity contribution is -0.126. The van der Waals surface area contributed by atoms with E-state index in [4.69, 9.17) is 4.74 Å². The van der Waals surface area contributed by atoms with Crippen molar-refractivity contribution in [2.75, 3.05) is 7.11 Å². The monoisotopic (exact) mass is 367 g/mol. The number of hydrogen-bond donors (Lipinski definition) is 0. The van der Waals surface area contributed by atoms with Crippen LogP contribution < -0.4 is 4.74 Å². The number of amidine groups is 1. The van der Waals surface area contributed by atoms with E-state index in [0.29, 0.717) is 11.7 Å². The zero-order chi connectivity index (χ0) is 18.5. The minimum atomic E-state index is -0.151. The Bertz CT molecular complexity index is 829. The van der Waals surface area contributed by atoms with Crippen molar-refractivity contribution in [1.29, 1.82) is 0 Å². The minimum Gasteiger partial charge on any atom is -0.497 e.